The number of nitrogens with one attached hydrogen (secondary N) is 2. The highest BCUT2D eigenvalue weighted by molar-refractivity contribution is 5.76. The summed E-state index contributed by atoms with van der Waals surface area (Å²) in [7, 11) is 0. The van der Waals surface area contributed by atoms with Gasteiger partial charge in [-0.1, -0.05) is 31.2 Å². The lowest BCUT2D eigenvalue weighted by Crippen LogP contribution is -2.38. The van der Waals surface area contributed by atoms with Crippen LogP contribution in [-0.4, -0.2) is 25.5 Å². The normalized spacial score (nSPS) is 18.8. The van der Waals surface area contributed by atoms with Crippen molar-refractivity contribution in [3.8, 4) is 0 Å². The Bertz CT molecular complexity index is 408. The second-order valence-electron chi connectivity index (χ2n) is 5.69. The maximum atomic E-state index is 11.9. The second kappa shape index (κ2) is 8.05. The molecule has 110 valence electrons. The molecular formula is C17H26N2O. The summed E-state index contributed by atoms with van der Waals surface area (Å²) in [6.07, 6.45) is 4.94. The summed E-state index contributed by atoms with van der Waals surface area (Å²) in [5.41, 5.74) is 2.60. The van der Waals surface area contributed by atoms with Crippen LogP contribution >= 0.6 is 0 Å². The van der Waals surface area contributed by atoms with Crippen LogP contribution in [0.2, 0.25) is 0 Å². The topological polar surface area (TPSA) is 41.1 Å². The van der Waals surface area contributed by atoms with Crippen LogP contribution in [0, 0.1) is 5.92 Å². The van der Waals surface area contributed by atoms with Crippen molar-refractivity contribution in [3.63, 3.8) is 0 Å². The van der Waals surface area contributed by atoms with Gasteiger partial charge in [0.05, 0.1) is 0 Å². The van der Waals surface area contributed by atoms with Crippen molar-refractivity contribution in [1.82, 2.24) is 10.6 Å². The Labute approximate surface area is 122 Å². The van der Waals surface area contributed by atoms with Crippen LogP contribution in [0.1, 0.15) is 37.3 Å². The SMILES string of the molecule is CCc1ccc(CCC(=O)NCC2CCCNC2)cc1. The van der Waals surface area contributed by atoms with E-state index >= 15 is 0 Å². The van der Waals surface area contributed by atoms with Crippen molar-refractivity contribution < 1.29 is 4.79 Å². The summed E-state index contributed by atoms with van der Waals surface area (Å²) in [5.74, 6) is 0.784. The van der Waals surface area contributed by atoms with Crippen molar-refractivity contribution in [1.29, 1.82) is 0 Å². The molecule has 0 aliphatic carbocycles. The predicted octanol–water partition coefficient (Wildman–Crippen LogP) is 2.30. The van der Waals surface area contributed by atoms with Gasteiger partial charge in [0.15, 0.2) is 0 Å². The Morgan fingerprint density at radius 1 is 1.30 bits per heavy atom. The van der Waals surface area contributed by atoms with E-state index in [9.17, 15) is 4.79 Å². The van der Waals surface area contributed by atoms with Crippen LogP contribution < -0.4 is 10.6 Å². The molecule has 1 saturated heterocycles. The highest BCUT2D eigenvalue weighted by atomic mass is 16.1. The fourth-order valence-electron chi connectivity index (χ4n) is 2.64. The zero-order valence-electron chi connectivity index (χ0n) is 12.5. The molecule has 0 saturated carbocycles. The van der Waals surface area contributed by atoms with Crippen molar-refractivity contribution in [2.24, 2.45) is 5.92 Å². The first kappa shape index (κ1) is 15.0. The Morgan fingerprint density at radius 3 is 2.70 bits per heavy atom. The third-order valence-electron chi connectivity index (χ3n) is 4.06. The average Bonchev–Trinajstić information content (AvgIpc) is 2.52. The molecule has 0 aromatic heterocycles. The van der Waals surface area contributed by atoms with Crippen molar-refractivity contribution in [3.05, 3.63) is 35.4 Å². The predicted molar refractivity (Wildman–Crippen MR) is 82.7 cm³/mol. The highest BCUT2D eigenvalue weighted by Crippen LogP contribution is 2.09. The van der Waals surface area contributed by atoms with E-state index < -0.39 is 0 Å². The molecule has 1 unspecified atom stereocenters. The van der Waals surface area contributed by atoms with Crippen LogP contribution in [0.5, 0.6) is 0 Å². The first-order chi connectivity index (χ1) is 9.78. The molecule has 1 aliphatic rings. The highest BCUT2D eigenvalue weighted by Gasteiger charge is 2.13. The number of hydrogen-bond acceptors (Lipinski definition) is 2. The molecule has 1 amide bonds. The molecule has 1 atom stereocenters. The number of aryl methyl sites for hydroxylation is 2. The average molecular weight is 274 g/mol. The van der Waals surface area contributed by atoms with E-state index in [2.05, 4.69) is 41.8 Å². The summed E-state index contributed by atoms with van der Waals surface area (Å²) >= 11 is 0. The minimum atomic E-state index is 0.176. The molecule has 1 heterocycles. The fraction of sp³-hybridized carbons (Fsp3) is 0.588. The van der Waals surface area contributed by atoms with Gasteiger partial charge in [-0.2, -0.15) is 0 Å². The monoisotopic (exact) mass is 274 g/mol. The number of amides is 1. The van der Waals surface area contributed by atoms with Gasteiger partial charge in [0.2, 0.25) is 5.91 Å². The zero-order valence-corrected chi connectivity index (χ0v) is 12.5. The third kappa shape index (κ3) is 4.97. The first-order valence-corrected chi connectivity index (χ1v) is 7.83. The van der Waals surface area contributed by atoms with Gasteiger partial charge in [0.1, 0.15) is 0 Å². The van der Waals surface area contributed by atoms with Crippen LogP contribution in [-0.2, 0) is 17.6 Å². The minimum Gasteiger partial charge on any atom is -0.356 e. The lowest BCUT2D eigenvalue weighted by atomic mass is 9.99. The van der Waals surface area contributed by atoms with Crippen LogP contribution in [0.25, 0.3) is 0 Å². The van der Waals surface area contributed by atoms with Crippen LogP contribution in [0.15, 0.2) is 24.3 Å². The van der Waals surface area contributed by atoms with E-state index in [1.807, 2.05) is 0 Å². The van der Waals surface area contributed by atoms with Gasteiger partial charge in [0, 0.05) is 13.0 Å². The zero-order chi connectivity index (χ0) is 14.2. The van der Waals surface area contributed by atoms with Crippen molar-refractivity contribution >= 4 is 5.91 Å². The van der Waals surface area contributed by atoms with Gasteiger partial charge in [-0.3, -0.25) is 4.79 Å². The number of benzene rings is 1. The van der Waals surface area contributed by atoms with Gasteiger partial charge < -0.3 is 10.6 Å². The number of rotatable bonds is 6. The Kier molecular flexibility index (Phi) is 6.06. The van der Waals surface area contributed by atoms with Gasteiger partial charge in [-0.15, -0.1) is 0 Å². The molecule has 2 rings (SSSR count). The van der Waals surface area contributed by atoms with Crippen molar-refractivity contribution in [2.45, 2.75) is 39.0 Å². The van der Waals surface area contributed by atoms with E-state index in [4.69, 9.17) is 0 Å². The molecule has 2 N–H and O–H groups in total. The molecule has 0 spiro atoms. The summed E-state index contributed by atoms with van der Waals surface area (Å²) in [6.45, 7) is 5.14. The molecule has 1 aromatic rings. The molecule has 3 heteroatoms. The van der Waals surface area contributed by atoms with Crippen LogP contribution in [0.4, 0.5) is 0 Å². The summed E-state index contributed by atoms with van der Waals surface area (Å²) in [4.78, 5) is 11.9. The maximum absolute atomic E-state index is 11.9. The fourth-order valence-corrected chi connectivity index (χ4v) is 2.64. The Balaban J connectivity index is 1.66. The van der Waals surface area contributed by atoms with Crippen molar-refractivity contribution in [2.75, 3.05) is 19.6 Å². The van der Waals surface area contributed by atoms with Crippen LogP contribution in [0.3, 0.4) is 0 Å². The lowest BCUT2D eigenvalue weighted by Gasteiger charge is -2.22. The number of hydrogen-bond donors (Lipinski definition) is 2. The number of carbonyl (C=O) groups excluding carboxylic acids is 1. The molecule has 0 radical (unpaired) electrons. The summed E-state index contributed by atoms with van der Waals surface area (Å²) in [5, 5.41) is 6.44. The van der Waals surface area contributed by atoms with E-state index in [1.54, 1.807) is 0 Å². The molecule has 0 bridgehead atoms. The third-order valence-corrected chi connectivity index (χ3v) is 4.06. The van der Waals surface area contributed by atoms with E-state index in [1.165, 1.54) is 24.0 Å². The minimum absolute atomic E-state index is 0.176. The second-order valence-corrected chi connectivity index (χ2v) is 5.69. The molecule has 20 heavy (non-hydrogen) atoms. The van der Waals surface area contributed by atoms with Gasteiger partial charge in [-0.05, 0) is 55.8 Å². The van der Waals surface area contributed by atoms with E-state index in [0.29, 0.717) is 12.3 Å². The maximum Gasteiger partial charge on any atom is 0.220 e. The number of carbonyl (C=O) groups is 1. The van der Waals surface area contributed by atoms with Gasteiger partial charge in [-0.25, -0.2) is 0 Å². The largest absolute Gasteiger partial charge is 0.356 e. The molecule has 1 aliphatic heterocycles. The number of piperidine rings is 1. The molecule has 3 nitrogen and oxygen atoms in total. The standard InChI is InChI=1S/C17H26N2O/c1-2-14-5-7-15(8-6-14)9-10-17(20)19-13-16-4-3-11-18-12-16/h5-8,16,18H,2-4,9-13H2,1H3,(H,19,20). The first-order valence-electron chi connectivity index (χ1n) is 7.83. The smallest absolute Gasteiger partial charge is 0.220 e. The Morgan fingerprint density at radius 2 is 2.05 bits per heavy atom. The van der Waals surface area contributed by atoms with E-state index in [-0.39, 0.29) is 5.91 Å². The molecular weight excluding hydrogens is 248 g/mol. The van der Waals surface area contributed by atoms with Gasteiger partial charge >= 0.3 is 0 Å². The van der Waals surface area contributed by atoms with E-state index in [0.717, 1.165) is 32.5 Å². The molecule has 1 aromatic carbocycles. The molecule has 1 fully saturated rings. The lowest BCUT2D eigenvalue weighted by molar-refractivity contribution is -0.121. The van der Waals surface area contributed by atoms with Gasteiger partial charge in [0.25, 0.3) is 0 Å². The Hall–Kier alpha value is -1.35. The summed E-state index contributed by atoms with van der Waals surface area (Å²) in [6, 6.07) is 8.58. The summed E-state index contributed by atoms with van der Waals surface area (Å²) < 4.78 is 0. The quantitative estimate of drug-likeness (QED) is 0.835.